The van der Waals surface area contributed by atoms with Crippen LogP contribution in [0.2, 0.25) is 0 Å². The number of rotatable bonds is 2. The Labute approximate surface area is 137 Å². The van der Waals surface area contributed by atoms with Crippen molar-refractivity contribution in [3.8, 4) is 0 Å². The molecule has 0 saturated carbocycles. The van der Waals surface area contributed by atoms with E-state index in [1.807, 2.05) is 6.07 Å². The number of carbonyl (C=O) groups is 1. The maximum Gasteiger partial charge on any atom is 0.226 e. The summed E-state index contributed by atoms with van der Waals surface area (Å²) in [7, 11) is 0. The molecule has 5 nitrogen and oxygen atoms in total. The predicted octanol–water partition coefficient (Wildman–Crippen LogP) is 2.26. The maximum atomic E-state index is 12.6. The van der Waals surface area contributed by atoms with Crippen LogP contribution in [0.4, 0.5) is 5.95 Å². The van der Waals surface area contributed by atoms with Gasteiger partial charge in [0.05, 0.1) is 0 Å². The van der Waals surface area contributed by atoms with Crippen LogP contribution in [-0.4, -0.2) is 47.0 Å². The standard InChI is InChI=1S/C18H24N4O/c23-16(15-4-1-2-5-15)22-13-8-18(14-22)6-11-21(12-7-18)17-19-9-3-10-20-17/h1-3,9-10,15H,4-8,11-14H2. The van der Waals surface area contributed by atoms with Crippen molar-refractivity contribution >= 4 is 11.9 Å². The Kier molecular flexibility index (Phi) is 3.79. The molecule has 1 aromatic heterocycles. The molecule has 1 amide bonds. The second-order valence-electron chi connectivity index (χ2n) is 7.19. The van der Waals surface area contributed by atoms with Gasteiger partial charge >= 0.3 is 0 Å². The molecule has 5 heteroatoms. The Morgan fingerprint density at radius 1 is 1.04 bits per heavy atom. The number of anilines is 1. The van der Waals surface area contributed by atoms with Crippen molar-refractivity contribution in [2.24, 2.45) is 11.3 Å². The summed E-state index contributed by atoms with van der Waals surface area (Å²) in [5.41, 5.74) is 0.326. The molecule has 1 aromatic rings. The number of likely N-dealkylation sites (tertiary alicyclic amines) is 1. The summed E-state index contributed by atoms with van der Waals surface area (Å²) in [6.07, 6.45) is 13.2. The molecule has 0 N–H and O–H groups in total. The quantitative estimate of drug-likeness (QED) is 0.786. The zero-order valence-corrected chi connectivity index (χ0v) is 13.5. The number of aromatic nitrogens is 2. The van der Waals surface area contributed by atoms with Crippen molar-refractivity contribution in [1.82, 2.24) is 14.9 Å². The molecule has 23 heavy (non-hydrogen) atoms. The van der Waals surface area contributed by atoms with Crippen LogP contribution in [0.5, 0.6) is 0 Å². The summed E-state index contributed by atoms with van der Waals surface area (Å²) in [4.78, 5) is 25.7. The molecule has 1 spiro atoms. The first-order valence-electron chi connectivity index (χ1n) is 8.72. The van der Waals surface area contributed by atoms with Gasteiger partial charge in [-0.05, 0) is 43.6 Å². The summed E-state index contributed by atoms with van der Waals surface area (Å²) >= 11 is 0. The number of piperidine rings is 1. The fourth-order valence-electron chi connectivity index (χ4n) is 4.24. The smallest absolute Gasteiger partial charge is 0.226 e. The van der Waals surface area contributed by atoms with Gasteiger partial charge in [0.2, 0.25) is 11.9 Å². The van der Waals surface area contributed by atoms with E-state index in [0.29, 0.717) is 11.3 Å². The molecule has 2 aliphatic heterocycles. The lowest BCUT2D eigenvalue weighted by Gasteiger charge is -2.39. The lowest BCUT2D eigenvalue weighted by atomic mass is 9.78. The first kappa shape index (κ1) is 14.7. The van der Waals surface area contributed by atoms with E-state index in [4.69, 9.17) is 0 Å². The zero-order valence-electron chi connectivity index (χ0n) is 13.5. The molecule has 0 radical (unpaired) electrons. The molecule has 0 bridgehead atoms. The Bertz CT molecular complexity index is 584. The molecule has 3 heterocycles. The minimum absolute atomic E-state index is 0.211. The van der Waals surface area contributed by atoms with Crippen molar-refractivity contribution in [1.29, 1.82) is 0 Å². The number of amides is 1. The minimum Gasteiger partial charge on any atom is -0.342 e. The van der Waals surface area contributed by atoms with E-state index >= 15 is 0 Å². The molecule has 0 aromatic carbocycles. The van der Waals surface area contributed by atoms with Crippen LogP contribution in [-0.2, 0) is 4.79 Å². The minimum atomic E-state index is 0.211. The Morgan fingerprint density at radius 2 is 1.70 bits per heavy atom. The first-order valence-corrected chi connectivity index (χ1v) is 8.72. The molecule has 4 rings (SSSR count). The first-order chi connectivity index (χ1) is 11.3. The third-order valence-corrected chi connectivity index (χ3v) is 5.77. The molecule has 1 aliphatic carbocycles. The van der Waals surface area contributed by atoms with Crippen molar-refractivity contribution < 1.29 is 4.79 Å². The number of hydrogen-bond acceptors (Lipinski definition) is 4. The predicted molar refractivity (Wildman–Crippen MR) is 89.0 cm³/mol. The fraction of sp³-hybridized carbons (Fsp3) is 0.611. The number of carbonyl (C=O) groups excluding carboxylic acids is 1. The average Bonchev–Trinajstić information content (AvgIpc) is 3.26. The van der Waals surface area contributed by atoms with Crippen molar-refractivity contribution in [3.05, 3.63) is 30.6 Å². The Morgan fingerprint density at radius 3 is 2.39 bits per heavy atom. The van der Waals surface area contributed by atoms with Gasteiger partial charge in [0.1, 0.15) is 0 Å². The van der Waals surface area contributed by atoms with E-state index in [2.05, 4.69) is 31.9 Å². The van der Waals surface area contributed by atoms with Gasteiger partial charge in [-0.1, -0.05) is 12.2 Å². The molecular weight excluding hydrogens is 288 g/mol. The molecule has 0 unspecified atom stereocenters. The monoisotopic (exact) mass is 312 g/mol. The molecule has 2 saturated heterocycles. The normalized spacial score (nSPS) is 23.8. The van der Waals surface area contributed by atoms with Crippen molar-refractivity contribution in [3.63, 3.8) is 0 Å². The van der Waals surface area contributed by atoms with Crippen LogP contribution in [0.15, 0.2) is 30.6 Å². The van der Waals surface area contributed by atoms with Gasteiger partial charge in [-0.2, -0.15) is 0 Å². The highest BCUT2D eigenvalue weighted by Gasteiger charge is 2.43. The van der Waals surface area contributed by atoms with E-state index in [1.165, 1.54) is 0 Å². The largest absolute Gasteiger partial charge is 0.342 e. The van der Waals surface area contributed by atoms with E-state index in [-0.39, 0.29) is 5.92 Å². The van der Waals surface area contributed by atoms with E-state index < -0.39 is 0 Å². The van der Waals surface area contributed by atoms with Gasteiger partial charge < -0.3 is 9.80 Å². The van der Waals surface area contributed by atoms with Crippen LogP contribution in [0, 0.1) is 11.3 Å². The second kappa shape index (κ2) is 5.95. The molecule has 0 atom stereocenters. The van der Waals surface area contributed by atoms with Crippen LogP contribution in [0.3, 0.4) is 0 Å². The summed E-state index contributed by atoms with van der Waals surface area (Å²) in [5.74, 6) is 1.42. The molecule has 2 fully saturated rings. The van der Waals surface area contributed by atoms with Crippen LogP contribution in [0.1, 0.15) is 32.1 Å². The average molecular weight is 312 g/mol. The van der Waals surface area contributed by atoms with Crippen LogP contribution >= 0.6 is 0 Å². The number of nitrogens with zero attached hydrogens (tertiary/aromatic N) is 4. The van der Waals surface area contributed by atoms with Crippen molar-refractivity contribution in [2.45, 2.75) is 32.1 Å². The van der Waals surface area contributed by atoms with Crippen LogP contribution in [0.25, 0.3) is 0 Å². The summed E-state index contributed by atoms with van der Waals surface area (Å²) in [5, 5.41) is 0. The fourth-order valence-corrected chi connectivity index (χ4v) is 4.24. The number of hydrogen-bond donors (Lipinski definition) is 0. The lowest BCUT2D eigenvalue weighted by molar-refractivity contribution is -0.134. The van der Waals surface area contributed by atoms with Gasteiger partial charge in [0.15, 0.2) is 0 Å². The van der Waals surface area contributed by atoms with Gasteiger partial charge in [0, 0.05) is 44.5 Å². The Balaban J connectivity index is 1.35. The van der Waals surface area contributed by atoms with E-state index in [1.54, 1.807) is 12.4 Å². The van der Waals surface area contributed by atoms with Crippen LogP contribution < -0.4 is 4.90 Å². The second-order valence-corrected chi connectivity index (χ2v) is 7.19. The van der Waals surface area contributed by atoms with E-state index in [9.17, 15) is 4.79 Å². The van der Waals surface area contributed by atoms with Crippen molar-refractivity contribution in [2.75, 3.05) is 31.1 Å². The highest BCUT2D eigenvalue weighted by molar-refractivity contribution is 5.80. The molecule has 122 valence electrons. The number of allylic oxidation sites excluding steroid dienone is 2. The van der Waals surface area contributed by atoms with Gasteiger partial charge in [-0.15, -0.1) is 0 Å². The zero-order chi connectivity index (χ0) is 15.7. The maximum absolute atomic E-state index is 12.6. The topological polar surface area (TPSA) is 49.3 Å². The summed E-state index contributed by atoms with van der Waals surface area (Å²) < 4.78 is 0. The van der Waals surface area contributed by atoms with Gasteiger partial charge in [-0.3, -0.25) is 4.79 Å². The molecular formula is C18H24N4O. The molecule has 3 aliphatic rings. The third kappa shape index (κ3) is 2.84. The lowest BCUT2D eigenvalue weighted by Crippen LogP contribution is -2.43. The van der Waals surface area contributed by atoms with Gasteiger partial charge in [0.25, 0.3) is 0 Å². The summed E-state index contributed by atoms with van der Waals surface area (Å²) in [6, 6.07) is 1.85. The highest BCUT2D eigenvalue weighted by Crippen LogP contribution is 2.41. The van der Waals surface area contributed by atoms with Gasteiger partial charge in [-0.25, -0.2) is 9.97 Å². The highest BCUT2D eigenvalue weighted by atomic mass is 16.2. The SMILES string of the molecule is O=C(C1CC=CC1)N1CCC2(CCN(c3ncccn3)CC2)C1. The third-order valence-electron chi connectivity index (χ3n) is 5.77. The van der Waals surface area contributed by atoms with E-state index in [0.717, 1.165) is 64.2 Å². The Hall–Kier alpha value is -1.91. The summed E-state index contributed by atoms with van der Waals surface area (Å²) in [6.45, 7) is 3.89.